The summed E-state index contributed by atoms with van der Waals surface area (Å²) in [6, 6.07) is 13.9. The van der Waals surface area contributed by atoms with Crippen LogP contribution in [0.3, 0.4) is 0 Å². The lowest BCUT2D eigenvalue weighted by Gasteiger charge is -2.30. The third-order valence-electron chi connectivity index (χ3n) is 5.63. The molecule has 1 fully saturated rings. The van der Waals surface area contributed by atoms with Gasteiger partial charge in [-0.1, -0.05) is 18.7 Å². The smallest absolute Gasteiger partial charge is 0.213 e. The molecule has 0 unspecified atom stereocenters. The second-order valence-corrected chi connectivity index (χ2v) is 6.90. The molecule has 1 aliphatic heterocycles. The van der Waals surface area contributed by atoms with Crippen LogP contribution < -0.4 is 0 Å². The van der Waals surface area contributed by atoms with Crippen LogP contribution in [0.2, 0.25) is 0 Å². The second kappa shape index (κ2) is 4.82. The molecule has 25 heavy (non-hydrogen) atoms. The molecular formula is C21H18FN3. The van der Waals surface area contributed by atoms with Gasteiger partial charge in [0.05, 0.1) is 22.6 Å². The van der Waals surface area contributed by atoms with Crippen molar-refractivity contribution in [2.45, 2.75) is 18.4 Å². The molecule has 5 rings (SSSR count). The van der Waals surface area contributed by atoms with Crippen LogP contribution in [0.1, 0.15) is 24.1 Å². The molecule has 1 aliphatic carbocycles. The number of pyridine rings is 1. The van der Waals surface area contributed by atoms with Crippen molar-refractivity contribution < 1.29 is 4.39 Å². The van der Waals surface area contributed by atoms with Crippen molar-refractivity contribution in [2.75, 3.05) is 7.05 Å². The van der Waals surface area contributed by atoms with Gasteiger partial charge in [-0.15, -0.1) is 0 Å². The maximum atomic E-state index is 13.5. The highest BCUT2D eigenvalue weighted by atomic mass is 19.1. The Labute approximate surface area is 146 Å². The summed E-state index contributed by atoms with van der Waals surface area (Å²) in [7, 11) is 2.13. The van der Waals surface area contributed by atoms with Gasteiger partial charge >= 0.3 is 0 Å². The number of halogens is 1. The van der Waals surface area contributed by atoms with Gasteiger partial charge in [-0.05, 0) is 48.2 Å². The first kappa shape index (κ1) is 14.5. The Morgan fingerprint density at radius 2 is 1.92 bits per heavy atom. The lowest BCUT2D eigenvalue weighted by atomic mass is 9.97. The monoisotopic (exact) mass is 331 g/mol. The molecule has 0 saturated heterocycles. The number of rotatable bonds is 1. The summed E-state index contributed by atoms with van der Waals surface area (Å²) in [5.41, 5.74) is 6.46. The summed E-state index contributed by atoms with van der Waals surface area (Å²) in [6.45, 7) is 4.33. The fourth-order valence-corrected chi connectivity index (χ4v) is 4.05. The molecule has 0 bridgehead atoms. The highest BCUT2D eigenvalue weighted by Crippen LogP contribution is 2.56. The normalized spacial score (nSPS) is 17.2. The molecule has 0 N–H and O–H groups in total. The zero-order chi connectivity index (χ0) is 17.2. The van der Waals surface area contributed by atoms with Crippen LogP contribution in [0.25, 0.3) is 22.5 Å². The molecule has 3 heterocycles. The van der Waals surface area contributed by atoms with Gasteiger partial charge in [0.1, 0.15) is 0 Å². The quantitative estimate of drug-likeness (QED) is 0.608. The van der Waals surface area contributed by atoms with Crippen molar-refractivity contribution in [1.29, 1.82) is 0 Å². The Kier molecular flexibility index (Phi) is 2.79. The predicted octanol–water partition coefficient (Wildman–Crippen LogP) is 4.58. The average Bonchev–Trinajstić information content (AvgIpc) is 3.30. The van der Waals surface area contributed by atoms with E-state index in [1.165, 1.54) is 17.8 Å². The van der Waals surface area contributed by atoms with Crippen LogP contribution in [0.15, 0.2) is 61.4 Å². The lowest BCUT2D eigenvalue weighted by Crippen LogP contribution is -2.28. The van der Waals surface area contributed by atoms with E-state index in [4.69, 9.17) is 0 Å². The first-order valence-electron chi connectivity index (χ1n) is 8.47. The summed E-state index contributed by atoms with van der Waals surface area (Å²) in [5, 5.41) is 0. The van der Waals surface area contributed by atoms with E-state index < -0.39 is 5.95 Å². The molecule has 3 aromatic rings. The van der Waals surface area contributed by atoms with E-state index in [0.29, 0.717) is 0 Å². The van der Waals surface area contributed by atoms with E-state index in [2.05, 4.69) is 58.5 Å². The summed E-state index contributed by atoms with van der Waals surface area (Å²) < 4.78 is 15.7. The minimum atomic E-state index is -0.458. The standard InChI is InChI=1S/C21H18FN3/c1-14-18-4-3-11-25(18)19-12-15(16-7-10-23-20(22)13-16)5-6-17(19)21(8-9-21)24(14)2/h3-7,10-13H,1,8-9H2,2H3. The van der Waals surface area contributed by atoms with Crippen molar-refractivity contribution in [2.24, 2.45) is 0 Å². The van der Waals surface area contributed by atoms with Crippen LogP contribution in [0.5, 0.6) is 0 Å². The van der Waals surface area contributed by atoms with Crippen molar-refractivity contribution in [3.05, 3.63) is 78.6 Å². The van der Waals surface area contributed by atoms with Crippen LogP contribution in [0.4, 0.5) is 4.39 Å². The zero-order valence-electron chi connectivity index (χ0n) is 14.0. The first-order valence-corrected chi connectivity index (χ1v) is 8.47. The third-order valence-corrected chi connectivity index (χ3v) is 5.63. The SMILES string of the molecule is C=C1c2cccn2-c2cc(-c3ccnc(F)c3)ccc2C2(CC2)N1C. The highest BCUT2D eigenvalue weighted by Gasteiger charge is 2.51. The fraction of sp³-hybridized carbons (Fsp3) is 0.190. The van der Waals surface area contributed by atoms with E-state index in [0.717, 1.165) is 41.0 Å². The van der Waals surface area contributed by atoms with Crippen molar-refractivity contribution >= 4 is 5.70 Å². The number of hydrogen-bond donors (Lipinski definition) is 0. The van der Waals surface area contributed by atoms with Crippen molar-refractivity contribution in [3.8, 4) is 16.8 Å². The molecule has 1 saturated carbocycles. The molecule has 0 atom stereocenters. The molecule has 4 heteroatoms. The molecule has 124 valence electrons. The first-order chi connectivity index (χ1) is 12.1. The maximum Gasteiger partial charge on any atom is 0.213 e. The molecule has 0 amide bonds. The van der Waals surface area contributed by atoms with Gasteiger partial charge in [0, 0.05) is 31.1 Å². The minimum absolute atomic E-state index is 0.0352. The summed E-state index contributed by atoms with van der Waals surface area (Å²) >= 11 is 0. The number of nitrogens with zero attached hydrogens (tertiary/aromatic N) is 3. The van der Waals surface area contributed by atoms with Crippen molar-refractivity contribution in [1.82, 2.24) is 14.5 Å². The van der Waals surface area contributed by atoms with E-state index >= 15 is 0 Å². The van der Waals surface area contributed by atoms with Crippen LogP contribution in [-0.4, -0.2) is 21.5 Å². The Bertz CT molecular complexity index is 1010. The molecule has 3 nitrogen and oxygen atoms in total. The van der Waals surface area contributed by atoms with Crippen LogP contribution in [-0.2, 0) is 5.54 Å². The zero-order valence-corrected chi connectivity index (χ0v) is 14.0. The predicted molar refractivity (Wildman–Crippen MR) is 96.7 cm³/mol. The van der Waals surface area contributed by atoms with Gasteiger partial charge in [-0.2, -0.15) is 4.39 Å². The number of hydrogen-bond acceptors (Lipinski definition) is 2. The van der Waals surface area contributed by atoms with E-state index in [1.807, 2.05) is 12.1 Å². The lowest BCUT2D eigenvalue weighted by molar-refractivity contribution is 0.335. The van der Waals surface area contributed by atoms with Crippen LogP contribution >= 0.6 is 0 Å². The summed E-state index contributed by atoms with van der Waals surface area (Å²) in [5.74, 6) is -0.458. The molecule has 2 aliphatic rings. The Morgan fingerprint density at radius 1 is 1.12 bits per heavy atom. The third kappa shape index (κ3) is 1.94. The maximum absolute atomic E-state index is 13.5. The van der Waals surface area contributed by atoms with E-state index in [1.54, 1.807) is 0 Å². The molecular weight excluding hydrogens is 313 g/mol. The number of aromatic nitrogens is 2. The van der Waals surface area contributed by atoms with Gasteiger partial charge in [0.25, 0.3) is 0 Å². The molecule has 2 aromatic heterocycles. The van der Waals surface area contributed by atoms with Gasteiger partial charge < -0.3 is 9.47 Å². The van der Waals surface area contributed by atoms with Gasteiger partial charge in [-0.25, -0.2) is 4.98 Å². The van der Waals surface area contributed by atoms with Gasteiger partial charge in [-0.3, -0.25) is 0 Å². The topological polar surface area (TPSA) is 21.1 Å². The highest BCUT2D eigenvalue weighted by molar-refractivity contribution is 5.73. The van der Waals surface area contributed by atoms with E-state index in [9.17, 15) is 4.39 Å². The number of fused-ring (bicyclic) bond motifs is 4. The van der Waals surface area contributed by atoms with Gasteiger partial charge in [0.2, 0.25) is 5.95 Å². The van der Waals surface area contributed by atoms with Crippen molar-refractivity contribution in [3.63, 3.8) is 0 Å². The summed E-state index contributed by atoms with van der Waals surface area (Å²) in [6.07, 6.45) is 5.84. The second-order valence-electron chi connectivity index (χ2n) is 6.90. The Balaban J connectivity index is 1.77. The molecule has 0 radical (unpaired) electrons. The van der Waals surface area contributed by atoms with Crippen LogP contribution in [0, 0.1) is 5.95 Å². The minimum Gasteiger partial charge on any atom is -0.364 e. The van der Waals surface area contributed by atoms with Gasteiger partial charge in [0.15, 0.2) is 0 Å². The fourth-order valence-electron chi connectivity index (χ4n) is 4.05. The Morgan fingerprint density at radius 3 is 2.68 bits per heavy atom. The number of benzene rings is 1. The summed E-state index contributed by atoms with van der Waals surface area (Å²) in [4.78, 5) is 5.97. The Hall–Kier alpha value is -2.88. The van der Waals surface area contributed by atoms with E-state index in [-0.39, 0.29) is 5.54 Å². The largest absolute Gasteiger partial charge is 0.364 e. The molecule has 1 spiro atoms. The average molecular weight is 331 g/mol. The molecule has 1 aromatic carbocycles.